The first-order chi connectivity index (χ1) is 18.6. The fourth-order valence-corrected chi connectivity index (χ4v) is 7.21. The summed E-state index contributed by atoms with van der Waals surface area (Å²) in [7, 11) is 0. The lowest BCUT2D eigenvalue weighted by atomic mass is 9.84. The molecule has 38 heavy (non-hydrogen) atoms. The Balaban J connectivity index is 1.24. The van der Waals surface area contributed by atoms with Gasteiger partial charge in [-0.15, -0.1) is 0 Å². The summed E-state index contributed by atoms with van der Waals surface area (Å²) in [5.74, 6) is -1.21. The highest BCUT2D eigenvalue weighted by Crippen LogP contribution is 2.52. The molecule has 2 aliphatic heterocycles. The van der Waals surface area contributed by atoms with E-state index in [-0.39, 0.29) is 24.4 Å². The Bertz CT molecular complexity index is 1100. The molecule has 1 aromatic heterocycles. The van der Waals surface area contributed by atoms with Crippen LogP contribution < -0.4 is 0 Å². The maximum Gasteiger partial charge on any atom is 0.269 e. The lowest BCUT2D eigenvalue weighted by Crippen LogP contribution is -2.63. The molecule has 9 heteroatoms. The molecule has 3 heterocycles. The van der Waals surface area contributed by atoms with E-state index in [4.69, 9.17) is 40.6 Å². The molecule has 3 aliphatic carbocycles. The van der Waals surface area contributed by atoms with Gasteiger partial charge in [0.05, 0.1) is 6.61 Å². The van der Waals surface area contributed by atoms with Crippen molar-refractivity contribution in [3.8, 4) is 0 Å². The number of aromatic nitrogens is 2. The van der Waals surface area contributed by atoms with Gasteiger partial charge in [0.15, 0.2) is 17.7 Å². The van der Waals surface area contributed by atoms with Crippen molar-refractivity contribution in [2.75, 3.05) is 0 Å². The average Bonchev–Trinajstić information content (AvgIpc) is 3.68. The largest absolute Gasteiger partial charge is 0.461 e. The first kappa shape index (κ1) is 25.1. The van der Waals surface area contributed by atoms with Crippen molar-refractivity contribution in [3.05, 3.63) is 54.6 Å². The van der Waals surface area contributed by atoms with Crippen molar-refractivity contribution in [1.82, 2.24) is 9.55 Å². The Morgan fingerprint density at radius 1 is 0.816 bits per heavy atom. The van der Waals surface area contributed by atoms with Gasteiger partial charge in [0, 0.05) is 38.1 Å². The van der Waals surface area contributed by atoms with E-state index in [0.29, 0.717) is 11.8 Å². The third-order valence-corrected chi connectivity index (χ3v) is 9.12. The number of hydrogen-bond donors (Lipinski definition) is 0. The fraction of sp³-hybridized carbons (Fsp3) is 0.655. The zero-order valence-corrected chi connectivity index (χ0v) is 22.4. The van der Waals surface area contributed by atoms with E-state index in [2.05, 4.69) is 17.1 Å². The van der Waals surface area contributed by atoms with Gasteiger partial charge in [-0.25, -0.2) is 4.98 Å². The minimum atomic E-state index is -0.615. The monoisotopic (exact) mass is 540 g/mol. The Morgan fingerprint density at radius 3 is 1.97 bits per heavy atom. The highest BCUT2D eigenvalue weighted by Gasteiger charge is 2.67. The molecule has 5 aliphatic rings. The van der Waals surface area contributed by atoms with Gasteiger partial charge >= 0.3 is 0 Å². The molecule has 3 saturated carbocycles. The van der Waals surface area contributed by atoms with Gasteiger partial charge in [0.1, 0.15) is 36.8 Å². The number of thiocarbonyl (C=S) groups is 1. The molecule has 2 spiro atoms. The van der Waals surface area contributed by atoms with Crippen molar-refractivity contribution in [2.45, 2.75) is 119 Å². The van der Waals surface area contributed by atoms with Gasteiger partial charge in [-0.3, -0.25) is 4.57 Å². The van der Waals surface area contributed by atoms with Crippen LogP contribution in [-0.2, 0) is 35.0 Å². The van der Waals surface area contributed by atoms with Crippen LogP contribution in [0.2, 0.25) is 0 Å². The summed E-state index contributed by atoms with van der Waals surface area (Å²) in [6, 6.07) is 10.2. The molecule has 0 N–H and O–H groups in total. The third-order valence-electron chi connectivity index (χ3n) is 8.81. The van der Waals surface area contributed by atoms with Crippen molar-refractivity contribution < 1.29 is 28.4 Å². The molecule has 2 saturated heterocycles. The highest BCUT2D eigenvalue weighted by atomic mass is 32.1. The van der Waals surface area contributed by atoms with Gasteiger partial charge in [0.25, 0.3) is 5.17 Å². The number of imidazole rings is 1. The highest BCUT2D eigenvalue weighted by molar-refractivity contribution is 7.80. The summed E-state index contributed by atoms with van der Waals surface area (Å²) in [6.07, 6.45) is 13.1. The zero-order chi connectivity index (χ0) is 25.6. The van der Waals surface area contributed by atoms with Crippen LogP contribution >= 0.6 is 12.2 Å². The van der Waals surface area contributed by atoms with Gasteiger partial charge in [-0.05, 0) is 43.5 Å². The van der Waals surface area contributed by atoms with Crippen molar-refractivity contribution in [2.24, 2.45) is 0 Å². The molecular weight excluding hydrogens is 504 g/mol. The average molecular weight is 541 g/mol. The SMILES string of the molecule is S=C(O[C@H]1[C@H](OCc2ccccc2)[C@H]2OC3(CCCCC3)O[C@@H]2[C@@H]2OC3(CCCCC3)O[C@H]12)n1ccnc1. The van der Waals surface area contributed by atoms with Crippen molar-refractivity contribution >= 4 is 17.4 Å². The van der Waals surface area contributed by atoms with E-state index >= 15 is 0 Å². The van der Waals surface area contributed by atoms with E-state index in [1.807, 2.05) is 18.2 Å². The molecule has 0 unspecified atom stereocenters. The number of ether oxygens (including phenoxy) is 6. The van der Waals surface area contributed by atoms with Crippen LogP contribution in [0.3, 0.4) is 0 Å². The summed E-state index contributed by atoms with van der Waals surface area (Å²) in [6.45, 7) is 0.423. The van der Waals surface area contributed by atoms with Crippen LogP contribution in [-0.4, -0.2) is 62.9 Å². The summed E-state index contributed by atoms with van der Waals surface area (Å²) >= 11 is 5.71. The normalized spacial score (nSPS) is 35.2. The van der Waals surface area contributed by atoms with Gasteiger partial charge in [0.2, 0.25) is 0 Å². The van der Waals surface area contributed by atoms with E-state index < -0.39 is 23.8 Å². The lowest BCUT2D eigenvalue weighted by Gasteiger charge is -2.42. The first-order valence-corrected chi connectivity index (χ1v) is 14.6. The van der Waals surface area contributed by atoms with E-state index in [1.165, 1.54) is 12.8 Å². The molecule has 1 aromatic carbocycles. The predicted molar refractivity (Wildman–Crippen MR) is 141 cm³/mol. The van der Waals surface area contributed by atoms with E-state index in [1.54, 1.807) is 23.3 Å². The number of rotatable bonds is 4. The number of hydrogen-bond acceptors (Lipinski definition) is 8. The minimum absolute atomic E-state index is 0.290. The van der Waals surface area contributed by atoms with Crippen molar-refractivity contribution in [3.63, 3.8) is 0 Å². The van der Waals surface area contributed by atoms with Crippen LogP contribution in [0.1, 0.15) is 69.8 Å². The lowest BCUT2D eigenvalue weighted by molar-refractivity contribution is -0.226. The minimum Gasteiger partial charge on any atom is -0.461 e. The molecule has 8 nitrogen and oxygen atoms in total. The smallest absolute Gasteiger partial charge is 0.269 e. The summed E-state index contributed by atoms with van der Waals surface area (Å²) in [5.41, 5.74) is 1.08. The summed E-state index contributed by atoms with van der Waals surface area (Å²) in [4.78, 5) is 4.14. The van der Waals surface area contributed by atoms with Gasteiger partial charge < -0.3 is 28.4 Å². The standard InChI is InChI=1S/C29H36N2O6S/c38-27(31-17-16-30-19-31)33-22-21(32-18-20-10-4-1-5-11-20)23-25(36-28(34-23)12-6-2-7-13-28)26-24(22)35-29(37-26)14-8-3-9-15-29/h1,4-5,10-11,16-17,19,21-26H,2-3,6-9,12-15,18H2/t21-,22-,23+,24+,25-,26+/m0/s1. The second kappa shape index (κ2) is 10.3. The molecule has 0 radical (unpaired) electrons. The first-order valence-electron chi connectivity index (χ1n) is 14.2. The number of benzene rings is 1. The molecule has 0 bridgehead atoms. The molecule has 6 atom stereocenters. The van der Waals surface area contributed by atoms with Crippen molar-refractivity contribution in [1.29, 1.82) is 0 Å². The van der Waals surface area contributed by atoms with Gasteiger partial charge in [-0.2, -0.15) is 0 Å². The second-order valence-corrected chi connectivity index (χ2v) is 11.7. The maximum atomic E-state index is 6.86. The topological polar surface area (TPSA) is 73.2 Å². The van der Waals surface area contributed by atoms with E-state index in [9.17, 15) is 0 Å². The fourth-order valence-electron chi connectivity index (χ4n) is 6.99. The van der Waals surface area contributed by atoms with Crippen LogP contribution in [0, 0.1) is 0 Å². The Hall–Kier alpha value is -1.88. The molecule has 0 amide bonds. The van der Waals surface area contributed by atoms with Gasteiger partial charge in [-0.1, -0.05) is 43.2 Å². The summed E-state index contributed by atoms with van der Waals surface area (Å²) in [5, 5.41) is 0.303. The van der Waals surface area contributed by atoms with Crippen LogP contribution in [0.25, 0.3) is 0 Å². The Morgan fingerprint density at radius 2 is 1.39 bits per heavy atom. The number of fused-ring (bicyclic) bond motifs is 3. The second-order valence-electron chi connectivity index (χ2n) is 11.4. The Labute approximate surface area is 228 Å². The molecule has 7 rings (SSSR count). The third kappa shape index (κ3) is 4.61. The molecule has 5 fully saturated rings. The molecule has 2 aromatic rings. The quantitative estimate of drug-likeness (QED) is 0.508. The Kier molecular flexibility index (Phi) is 6.78. The molecular formula is C29H36N2O6S. The number of nitrogens with zero attached hydrogens (tertiary/aromatic N) is 2. The maximum absolute atomic E-state index is 6.86. The molecule has 204 valence electrons. The zero-order valence-electron chi connectivity index (χ0n) is 21.6. The van der Waals surface area contributed by atoms with E-state index in [0.717, 1.165) is 56.9 Å². The van der Waals surface area contributed by atoms with Crippen LogP contribution in [0.15, 0.2) is 49.1 Å². The van der Waals surface area contributed by atoms with Crippen LogP contribution in [0.5, 0.6) is 0 Å². The summed E-state index contributed by atoms with van der Waals surface area (Å²) < 4.78 is 42.3. The van der Waals surface area contributed by atoms with Crippen LogP contribution in [0.4, 0.5) is 0 Å². The predicted octanol–water partition coefficient (Wildman–Crippen LogP) is 4.89.